The van der Waals surface area contributed by atoms with Crippen molar-refractivity contribution >= 4 is 22.8 Å². The van der Waals surface area contributed by atoms with Crippen molar-refractivity contribution in [1.29, 1.82) is 0 Å². The number of anilines is 1. The first-order chi connectivity index (χ1) is 18.7. The minimum Gasteiger partial charge on any atom is -0.376 e. The van der Waals surface area contributed by atoms with Crippen LogP contribution in [0.4, 0.5) is 19.0 Å². The third-order valence-corrected chi connectivity index (χ3v) is 8.13. The van der Waals surface area contributed by atoms with E-state index in [2.05, 4.69) is 45.3 Å². The summed E-state index contributed by atoms with van der Waals surface area (Å²) in [5.74, 6) is 1.29. The second-order valence-corrected chi connectivity index (χ2v) is 10.7. The average molecular weight is 543 g/mol. The maximum atomic E-state index is 13.1. The van der Waals surface area contributed by atoms with E-state index >= 15 is 0 Å². The Morgan fingerprint density at radius 1 is 1.08 bits per heavy atom. The van der Waals surface area contributed by atoms with Gasteiger partial charge in [-0.05, 0) is 50.8 Å². The highest BCUT2D eigenvalue weighted by molar-refractivity contribution is 5.86. The van der Waals surface area contributed by atoms with Crippen LogP contribution in [0.3, 0.4) is 0 Å². The van der Waals surface area contributed by atoms with Gasteiger partial charge in [0.25, 0.3) is 5.78 Å². The van der Waals surface area contributed by atoms with Crippen molar-refractivity contribution in [3.63, 3.8) is 0 Å². The van der Waals surface area contributed by atoms with Crippen molar-refractivity contribution in [1.82, 2.24) is 34.0 Å². The molecule has 9 nitrogen and oxygen atoms in total. The van der Waals surface area contributed by atoms with E-state index in [-0.39, 0.29) is 24.2 Å². The minimum absolute atomic E-state index is 0.0180. The van der Waals surface area contributed by atoms with E-state index in [4.69, 9.17) is 14.7 Å². The normalized spacial score (nSPS) is 23.7. The fourth-order valence-corrected chi connectivity index (χ4v) is 6.17. The molecule has 6 rings (SSSR count). The molecule has 2 aliphatic rings. The summed E-state index contributed by atoms with van der Waals surface area (Å²) in [7, 11) is 0. The van der Waals surface area contributed by atoms with Gasteiger partial charge in [-0.1, -0.05) is 19.1 Å². The molecule has 0 radical (unpaired) electrons. The van der Waals surface area contributed by atoms with Gasteiger partial charge in [0.1, 0.15) is 11.8 Å². The van der Waals surface area contributed by atoms with E-state index in [1.54, 1.807) is 18.5 Å². The molecule has 5 heterocycles. The minimum atomic E-state index is -4.34. The number of hydrogen-bond donors (Lipinski definition) is 0. The number of hydrogen-bond acceptors (Lipinski definition) is 7. The zero-order chi connectivity index (χ0) is 27.3. The third-order valence-electron chi connectivity index (χ3n) is 8.13. The topological polar surface area (TPSA) is 76.6 Å². The van der Waals surface area contributed by atoms with Crippen LogP contribution in [0.1, 0.15) is 57.2 Å². The zero-order valence-corrected chi connectivity index (χ0v) is 22.3. The van der Waals surface area contributed by atoms with Gasteiger partial charge in [0, 0.05) is 37.8 Å². The lowest BCUT2D eigenvalue weighted by molar-refractivity contribution is -0.137. The predicted octanol–water partition coefficient (Wildman–Crippen LogP) is 4.72. The number of nitrogens with zero attached hydrogens (tertiary/aromatic N) is 8. The van der Waals surface area contributed by atoms with Gasteiger partial charge in [0.05, 0.1) is 24.5 Å². The summed E-state index contributed by atoms with van der Waals surface area (Å²) in [6.07, 6.45) is 2.22. The van der Waals surface area contributed by atoms with Gasteiger partial charge in [-0.2, -0.15) is 18.2 Å². The van der Waals surface area contributed by atoms with E-state index in [1.807, 2.05) is 10.7 Å². The lowest BCUT2D eigenvalue weighted by atomic mass is 9.96. The van der Waals surface area contributed by atoms with Crippen LogP contribution in [0, 0.1) is 0 Å². The van der Waals surface area contributed by atoms with Crippen LogP contribution in [0.25, 0.3) is 16.9 Å². The van der Waals surface area contributed by atoms with Crippen molar-refractivity contribution in [3.8, 4) is 0 Å². The van der Waals surface area contributed by atoms with Gasteiger partial charge in [-0.15, -0.1) is 10.2 Å². The second-order valence-electron chi connectivity index (χ2n) is 10.7. The highest BCUT2D eigenvalue weighted by atomic mass is 19.4. The number of fused-ring (bicyclic) bond motifs is 3. The number of halogens is 3. The Morgan fingerprint density at radius 3 is 2.56 bits per heavy atom. The van der Waals surface area contributed by atoms with Gasteiger partial charge >= 0.3 is 6.18 Å². The van der Waals surface area contributed by atoms with Crippen molar-refractivity contribution in [2.24, 2.45) is 0 Å². The van der Waals surface area contributed by atoms with Crippen LogP contribution in [0.2, 0.25) is 0 Å². The number of rotatable bonds is 6. The molecule has 2 aliphatic heterocycles. The first kappa shape index (κ1) is 26.0. The molecule has 0 unspecified atom stereocenters. The van der Waals surface area contributed by atoms with E-state index in [9.17, 15) is 13.2 Å². The van der Waals surface area contributed by atoms with Crippen molar-refractivity contribution in [2.75, 3.05) is 24.6 Å². The summed E-state index contributed by atoms with van der Waals surface area (Å²) < 4.78 is 49.2. The monoisotopic (exact) mass is 542 g/mol. The molecule has 3 aromatic heterocycles. The van der Waals surface area contributed by atoms with Crippen LogP contribution in [-0.2, 0) is 17.5 Å². The van der Waals surface area contributed by atoms with Crippen molar-refractivity contribution < 1.29 is 17.9 Å². The molecule has 208 valence electrons. The van der Waals surface area contributed by atoms with E-state index in [0.29, 0.717) is 18.9 Å². The van der Waals surface area contributed by atoms with E-state index in [0.717, 1.165) is 55.0 Å². The first-order valence-corrected chi connectivity index (χ1v) is 13.6. The molecular formula is C27H33F3N8O. The number of aromatic nitrogens is 6. The number of benzene rings is 1. The quantitative estimate of drug-likeness (QED) is 0.349. The summed E-state index contributed by atoms with van der Waals surface area (Å²) in [5, 5.41) is 8.36. The van der Waals surface area contributed by atoms with Gasteiger partial charge in [0.15, 0.2) is 11.5 Å². The molecule has 0 saturated carbocycles. The van der Waals surface area contributed by atoms with E-state index < -0.39 is 11.7 Å². The number of piperazine rings is 1. The molecule has 2 saturated heterocycles. The summed E-state index contributed by atoms with van der Waals surface area (Å²) >= 11 is 0. The Hall–Kier alpha value is -3.25. The fraction of sp³-hybridized carbons (Fsp3) is 0.556. The Kier molecular flexibility index (Phi) is 6.70. The summed E-state index contributed by atoms with van der Waals surface area (Å²) in [4.78, 5) is 14.3. The molecule has 4 atom stereocenters. The molecule has 39 heavy (non-hydrogen) atoms. The molecule has 2 fully saturated rings. The Bertz CT molecular complexity index is 1440. The molecule has 12 heteroatoms. The predicted molar refractivity (Wildman–Crippen MR) is 140 cm³/mol. The Labute approximate surface area is 224 Å². The maximum absolute atomic E-state index is 13.1. The maximum Gasteiger partial charge on any atom is 0.416 e. The summed E-state index contributed by atoms with van der Waals surface area (Å²) in [6, 6.07) is 5.84. The molecule has 4 aromatic rings. The van der Waals surface area contributed by atoms with Crippen LogP contribution in [0.5, 0.6) is 0 Å². The zero-order valence-electron chi connectivity index (χ0n) is 22.3. The Morgan fingerprint density at radius 2 is 1.87 bits per heavy atom. The van der Waals surface area contributed by atoms with Crippen LogP contribution in [0.15, 0.2) is 36.9 Å². The fourth-order valence-electron chi connectivity index (χ4n) is 6.17. The summed E-state index contributed by atoms with van der Waals surface area (Å²) in [6.45, 7) is 9.33. The van der Waals surface area contributed by atoms with Gasteiger partial charge in [-0.3, -0.25) is 4.90 Å². The Balaban J connectivity index is 1.29. The van der Waals surface area contributed by atoms with Crippen molar-refractivity contribution in [3.05, 3.63) is 48.0 Å². The second kappa shape index (κ2) is 10.1. The van der Waals surface area contributed by atoms with Gasteiger partial charge < -0.3 is 14.2 Å². The van der Waals surface area contributed by atoms with Crippen molar-refractivity contribution in [2.45, 2.75) is 77.0 Å². The smallest absolute Gasteiger partial charge is 0.376 e. The molecule has 0 amide bonds. The molecular weight excluding hydrogens is 509 g/mol. The molecule has 0 spiro atoms. The number of imidazole rings is 1. The number of ether oxygens (including phenoxy) is 1. The number of alkyl halides is 3. The summed E-state index contributed by atoms with van der Waals surface area (Å²) in [5.41, 5.74) is 1.97. The standard InChI is InChI=1S/C27H33F3N8O/c1-4-22(19-7-9-20(10-8-19)27(28,29)30)36-12-18(3)37(13-17(36)2)24-23-25(38-16-32-34-26(38)33-24)35(15-31-23)14-21-6-5-11-39-21/h7-10,15-18,21-22H,4-6,11-14H2,1-3H3/t17-,18+,21+,22-/m1/s1. The molecule has 1 aromatic carbocycles. The van der Waals surface area contributed by atoms with Crippen LogP contribution >= 0.6 is 0 Å². The molecule has 0 aliphatic carbocycles. The van der Waals surface area contributed by atoms with Gasteiger partial charge in [-0.25, -0.2) is 9.38 Å². The SMILES string of the molecule is CC[C@H](c1ccc(C(F)(F)F)cc1)N1C[C@H](C)N(c2nc3nncn3c3c2ncn3C[C@@H]2CCCO2)C[C@H]1C. The van der Waals surface area contributed by atoms with Crippen LogP contribution < -0.4 is 4.90 Å². The highest BCUT2D eigenvalue weighted by Gasteiger charge is 2.36. The first-order valence-electron chi connectivity index (χ1n) is 13.6. The third kappa shape index (κ3) is 4.73. The lowest BCUT2D eigenvalue weighted by Gasteiger charge is -2.48. The highest BCUT2D eigenvalue weighted by Crippen LogP contribution is 2.36. The molecule has 0 bridgehead atoms. The van der Waals surface area contributed by atoms with E-state index in [1.165, 1.54) is 12.1 Å². The van der Waals surface area contributed by atoms with Gasteiger partial charge in [0.2, 0.25) is 0 Å². The van der Waals surface area contributed by atoms with Crippen LogP contribution in [-0.4, -0.2) is 71.9 Å². The average Bonchev–Trinajstić information content (AvgIpc) is 3.67. The lowest BCUT2D eigenvalue weighted by Crippen LogP contribution is -2.57. The molecule has 0 N–H and O–H groups in total. The largest absolute Gasteiger partial charge is 0.416 e.